The van der Waals surface area contributed by atoms with Gasteiger partial charge in [-0.1, -0.05) is 0 Å². The fraction of sp³-hybridized carbons (Fsp3) is 1.00. The number of hydrogen-bond acceptors (Lipinski definition) is 23. The van der Waals surface area contributed by atoms with Gasteiger partial charge in [0.05, 0.1) is 19.8 Å². The Morgan fingerprint density at radius 3 is 1.77 bits per heavy atom. The fourth-order valence-electron chi connectivity index (χ4n) is 4.73. The average Bonchev–Trinajstić information content (AvgIpc) is 2.98. The van der Waals surface area contributed by atoms with E-state index >= 15 is 0 Å². The van der Waals surface area contributed by atoms with Crippen molar-refractivity contribution in [1.29, 1.82) is 0 Å². The van der Waals surface area contributed by atoms with Crippen molar-refractivity contribution in [3.05, 3.63) is 0 Å². The normalized spacial score (nSPS) is 51.7. The van der Waals surface area contributed by atoms with Crippen molar-refractivity contribution >= 4 is 20.8 Å². The Hall–Kier alpha value is -0.860. The zero-order valence-electron chi connectivity index (χ0n) is 21.3. The van der Waals surface area contributed by atoms with Gasteiger partial charge in [-0.25, -0.2) is 4.18 Å². The summed E-state index contributed by atoms with van der Waals surface area (Å²) < 4.78 is 87.1. The van der Waals surface area contributed by atoms with Crippen molar-refractivity contribution < 1.29 is 109 Å². The van der Waals surface area contributed by atoms with Crippen LogP contribution in [0.3, 0.4) is 0 Å². The maximum Gasteiger partial charge on any atom is 0.421 e. The third-order valence-corrected chi connectivity index (χ3v) is 9.10. The van der Waals surface area contributed by atoms with E-state index in [0.717, 1.165) is 0 Å². The van der Waals surface area contributed by atoms with Gasteiger partial charge < -0.3 is 79.9 Å². The molecule has 11 N–H and O–H groups in total. The Balaban J connectivity index is 1.69. The van der Waals surface area contributed by atoms with Gasteiger partial charge in [0.15, 0.2) is 12.6 Å². The minimum Gasteiger partial charge on any atom is -0.394 e. The summed E-state index contributed by atoms with van der Waals surface area (Å²) in [5.74, 6) is -8.12. The molecule has 0 bridgehead atoms. The third-order valence-electron chi connectivity index (χ3n) is 6.88. The lowest BCUT2D eigenvalue weighted by molar-refractivity contribution is -0.521. The quantitative estimate of drug-likeness (QED) is 0.119. The lowest BCUT2D eigenvalue weighted by atomic mass is 9.93. The van der Waals surface area contributed by atoms with Gasteiger partial charge in [-0.3, -0.25) is 0 Å². The molecule has 4 aliphatic heterocycles. The van der Waals surface area contributed by atoms with Gasteiger partial charge in [0.1, 0.15) is 67.1 Å². The molecule has 4 heterocycles. The molecule has 252 valence electrons. The molecule has 0 aliphatic carbocycles. The highest BCUT2D eigenvalue weighted by Gasteiger charge is 2.75. The average molecular weight is 679 g/mol. The third kappa shape index (κ3) is 6.28. The van der Waals surface area contributed by atoms with Crippen LogP contribution in [0.2, 0.25) is 0 Å². The largest absolute Gasteiger partial charge is 0.421 e. The summed E-state index contributed by atoms with van der Waals surface area (Å²) >= 11 is 0. The van der Waals surface area contributed by atoms with E-state index in [-0.39, 0.29) is 0 Å². The molecule has 0 spiro atoms. The highest BCUT2D eigenvalue weighted by Crippen LogP contribution is 2.47. The summed E-state index contributed by atoms with van der Waals surface area (Å²) in [6, 6.07) is 0. The van der Waals surface area contributed by atoms with E-state index in [0.29, 0.717) is 0 Å². The lowest BCUT2D eigenvalue weighted by Gasteiger charge is -2.53. The Morgan fingerprint density at radius 2 is 1.19 bits per heavy atom. The van der Waals surface area contributed by atoms with Crippen LogP contribution in [0.4, 0.5) is 0 Å². The first kappa shape index (κ1) is 35.0. The molecule has 0 aromatic heterocycles. The summed E-state index contributed by atoms with van der Waals surface area (Å²) in [4.78, 5) is 0. The Kier molecular flexibility index (Phi) is 10.1. The minimum atomic E-state index is -5.91. The number of ether oxygens (including phenoxy) is 5. The Bertz CT molecular complexity index is 1200. The van der Waals surface area contributed by atoms with E-state index in [4.69, 9.17) is 23.7 Å². The Morgan fingerprint density at radius 1 is 0.651 bits per heavy atom. The summed E-state index contributed by atoms with van der Waals surface area (Å²) in [7, 11) is -11.8. The maximum absolute atomic E-state index is 12.3. The lowest BCUT2D eigenvalue weighted by Crippen LogP contribution is -2.77. The molecule has 0 aromatic rings. The molecule has 0 radical (unpaired) electrons. The topological polar surface area (TPSA) is 365 Å². The molecule has 4 aliphatic rings. The predicted molar refractivity (Wildman–Crippen MR) is 120 cm³/mol. The standard InChI is InChI=1S/C18H30O23S2/c19-1-4-7(22)14(27)17(29)18(37-4,40-43(32,33)41-42(30,31)39-17)38-13-6(3-21)35-16(11(26)9(13)24)36-12-5(2-20)34-15(28)10(25)8(12)23/h4-16,19-29H,1-3H2/t4-,5-,6-,7-,8-,9-,10-,11-,12-,13-,14+,15+,16?,17-,18?/m1/s1. The van der Waals surface area contributed by atoms with Crippen molar-refractivity contribution in [3.63, 3.8) is 0 Å². The molecule has 2 unspecified atom stereocenters. The molecule has 4 saturated heterocycles. The minimum absolute atomic E-state index is 0.915. The van der Waals surface area contributed by atoms with Gasteiger partial charge in [0.2, 0.25) is 0 Å². The van der Waals surface area contributed by atoms with Crippen molar-refractivity contribution in [2.75, 3.05) is 19.8 Å². The highest BCUT2D eigenvalue weighted by atomic mass is 32.3. The number of hydrogen-bond donors (Lipinski definition) is 11. The molecule has 0 aromatic carbocycles. The van der Waals surface area contributed by atoms with Crippen LogP contribution in [0.1, 0.15) is 0 Å². The van der Waals surface area contributed by atoms with E-state index in [1.54, 1.807) is 0 Å². The molecule has 4 rings (SSSR count). The highest BCUT2D eigenvalue weighted by molar-refractivity contribution is 7.95. The number of aliphatic hydroxyl groups excluding tert-OH is 10. The first-order valence-electron chi connectivity index (χ1n) is 12.1. The molecule has 0 amide bonds. The second kappa shape index (κ2) is 12.4. The molecule has 0 saturated carbocycles. The van der Waals surface area contributed by atoms with Crippen molar-refractivity contribution in [1.82, 2.24) is 0 Å². The van der Waals surface area contributed by atoms with Crippen LogP contribution in [-0.4, -0.2) is 184 Å². The molecule has 4 fully saturated rings. The molecular weight excluding hydrogens is 648 g/mol. The van der Waals surface area contributed by atoms with E-state index in [1.807, 2.05) is 0 Å². The number of rotatable bonds is 7. The predicted octanol–water partition coefficient (Wildman–Crippen LogP) is -9.36. The summed E-state index contributed by atoms with van der Waals surface area (Å²) in [6.07, 6.45) is -28.0. The van der Waals surface area contributed by atoms with Crippen LogP contribution in [0.25, 0.3) is 0 Å². The zero-order chi connectivity index (χ0) is 32.3. The molecule has 43 heavy (non-hydrogen) atoms. The van der Waals surface area contributed by atoms with Crippen molar-refractivity contribution in [2.24, 2.45) is 0 Å². The molecule has 15 atom stereocenters. The van der Waals surface area contributed by atoms with Crippen LogP contribution < -0.4 is 0 Å². The second-order valence-electron chi connectivity index (χ2n) is 9.70. The van der Waals surface area contributed by atoms with Gasteiger partial charge >= 0.3 is 26.8 Å². The number of fused-ring (bicyclic) bond motifs is 1. The molecular formula is C18H30O23S2. The van der Waals surface area contributed by atoms with Crippen LogP contribution in [-0.2, 0) is 56.5 Å². The van der Waals surface area contributed by atoms with E-state index in [9.17, 15) is 73.0 Å². The molecule has 25 heteroatoms. The molecule has 23 nitrogen and oxygen atoms in total. The fourth-order valence-corrected chi connectivity index (χ4v) is 6.74. The van der Waals surface area contributed by atoms with Gasteiger partial charge in [-0.05, 0) is 0 Å². The van der Waals surface area contributed by atoms with E-state index in [1.165, 1.54) is 0 Å². The van der Waals surface area contributed by atoms with Gasteiger partial charge in [-0.15, -0.1) is 3.63 Å². The van der Waals surface area contributed by atoms with Crippen molar-refractivity contribution in [2.45, 2.75) is 91.5 Å². The SMILES string of the molecule is O=S1(=O)OC2(O[C@H]3[C@H](O)[C@@H](O)C(O[C@H]4[C@H](O)[C@@H](O)[C@@H](O)O[C@@H]4CO)O[C@@H]3CO)O[C@H](CO)[C@@H](O)[C@H](O)[C@@]2(O)OS(=O)(=O)O1. The smallest absolute Gasteiger partial charge is 0.394 e. The summed E-state index contributed by atoms with van der Waals surface area (Å²) in [6.45, 7) is -3.42. The van der Waals surface area contributed by atoms with Crippen LogP contribution in [0.5, 0.6) is 0 Å². The van der Waals surface area contributed by atoms with Crippen LogP contribution in [0, 0.1) is 0 Å². The summed E-state index contributed by atoms with van der Waals surface area (Å²) in [5, 5.41) is 112. The Labute approximate surface area is 241 Å². The van der Waals surface area contributed by atoms with E-state index < -0.39 is 132 Å². The van der Waals surface area contributed by atoms with Crippen molar-refractivity contribution in [3.8, 4) is 0 Å². The van der Waals surface area contributed by atoms with Gasteiger partial charge in [0, 0.05) is 0 Å². The second-order valence-corrected chi connectivity index (χ2v) is 12.2. The first-order valence-corrected chi connectivity index (χ1v) is 14.8. The first-order chi connectivity index (χ1) is 19.9. The number of aliphatic hydroxyl groups is 11. The van der Waals surface area contributed by atoms with E-state index in [2.05, 4.69) is 12.0 Å². The summed E-state index contributed by atoms with van der Waals surface area (Å²) in [5.41, 5.74) is 0. The van der Waals surface area contributed by atoms with Gasteiger partial charge in [0.25, 0.3) is 5.79 Å². The van der Waals surface area contributed by atoms with Crippen LogP contribution in [0.15, 0.2) is 0 Å². The zero-order valence-corrected chi connectivity index (χ0v) is 22.9. The monoisotopic (exact) mass is 678 g/mol. The van der Waals surface area contributed by atoms with Gasteiger partial charge in [-0.2, -0.15) is 21.0 Å². The van der Waals surface area contributed by atoms with Crippen LogP contribution >= 0.6 is 0 Å². The maximum atomic E-state index is 12.3.